The summed E-state index contributed by atoms with van der Waals surface area (Å²) < 4.78 is 81.8. The summed E-state index contributed by atoms with van der Waals surface area (Å²) in [4.78, 5) is 76.0. The van der Waals surface area contributed by atoms with Crippen molar-refractivity contribution in [3.05, 3.63) is 16.7 Å². The van der Waals surface area contributed by atoms with Crippen molar-refractivity contribution in [1.82, 2.24) is 19.5 Å². The molecule has 25 nitrogen and oxygen atoms in total. The number of anilines is 1. The average molecular weight is 683 g/mol. The van der Waals surface area contributed by atoms with Gasteiger partial charge in [0, 0.05) is 0 Å². The first-order chi connectivity index (χ1) is 18.0. The van der Waals surface area contributed by atoms with Gasteiger partial charge in [-0.15, -0.1) is 0 Å². The molecule has 3 rings (SSSR count). The number of nitrogens with one attached hydrogen (secondary N) is 1. The second-order valence-corrected chi connectivity index (χ2v) is 14.9. The molecular formula is C10H18N5O20P5. The Hall–Kier alpha value is -1.26. The number of fused-ring (bicyclic) bond motifs is 1. The molecule has 228 valence electrons. The van der Waals surface area contributed by atoms with Gasteiger partial charge in [-0.1, -0.05) is 0 Å². The molecule has 1 aliphatic heterocycles. The first-order valence-corrected chi connectivity index (χ1v) is 17.1. The highest BCUT2D eigenvalue weighted by Crippen LogP contribution is 2.73. The van der Waals surface area contributed by atoms with Crippen LogP contribution in [0, 0.1) is 0 Å². The first-order valence-electron chi connectivity index (χ1n) is 9.60. The summed E-state index contributed by atoms with van der Waals surface area (Å²) in [6, 6.07) is 0. The van der Waals surface area contributed by atoms with Gasteiger partial charge in [0.15, 0.2) is 17.4 Å². The maximum atomic E-state index is 12.1. The van der Waals surface area contributed by atoms with Gasteiger partial charge in [-0.05, 0) is 0 Å². The van der Waals surface area contributed by atoms with Crippen LogP contribution in [0.1, 0.15) is 6.23 Å². The van der Waals surface area contributed by atoms with Crippen LogP contribution in [-0.4, -0.2) is 84.0 Å². The molecule has 11 N–H and O–H groups in total. The molecule has 30 heteroatoms. The van der Waals surface area contributed by atoms with Crippen LogP contribution in [0.3, 0.4) is 0 Å². The third-order valence-corrected chi connectivity index (χ3v) is 11.4. The van der Waals surface area contributed by atoms with E-state index in [9.17, 15) is 52.5 Å². The molecular weight excluding hydrogens is 665 g/mol. The molecule has 6 unspecified atom stereocenters. The number of hydrogen-bond donors (Lipinski definition) is 10. The number of ether oxygens (including phenoxy) is 1. The Morgan fingerprint density at radius 2 is 1.43 bits per heavy atom. The molecule has 8 atom stereocenters. The predicted octanol–water partition coefficient (Wildman–Crippen LogP) is -2.10. The Kier molecular flexibility index (Phi) is 9.51. The molecule has 0 aromatic carbocycles. The van der Waals surface area contributed by atoms with Gasteiger partial charge in [0.2, 0.25) is 5.95 Å². The van der Waals surface area contributed by atoms with Gasteiger partial charge in [-0.3, -0.25) is 18.9 Å². The predicted molar refractivity (Wildman–Crippen MR) is 120 cm³/mol. The number of aromatic amines is 1. The summed E-state index contributed by atoms with van der Waals surface area (Å²) in [5.41, 5.74) is 4.29. The summed E-state index contributed by atoms with van der Waals surface area (Å²) in [5.74, 6) is -0.338. The number of aliphatic hydroxyl groups is 2. The Balaban J connectivity index is 1.65. The summed E-state index contributed by atoms with van der Waals surface area (Å²) >= 11 is 0. The molecule has 3 heterocycles. The number of phosphoric acid groups is 5. The van der Waals surface area contributed by atoms with E-state index in [-0.39, 0.29) is 17.1 Å². The van der Waals surface area contributed by atoms with Crippen molar-refractivity contribution in [3.8, 4) is 0 Å². The highest BCUT2D eigenvalue weighted by atomic mass is 31.3. The summed E-state index contributed by atoms with van der Waals surface area (Å²) in [6.45, 7) is -1.18. The minimum atomic E-state index is -6.28. The lowest BCUT2D eigenvalue weighted by Gasteiger charge is -2.20. The Morgan fingerprint density at radius 1 is 0.900 bits per heavy atom. The van der Waals surface area contributed by atoms with E-state index in [1.807, 2.05) is 0 Å². The van der Waals surface area contributed by atoms with Gasteiger partial charge in [0.25, 0.3) is 5.56 Å². The topological polar surface area (TPSA) is 392 Å². The fourth-order valence-electron chi connectivity index (χ4n) is 2.99. The molecule has 0 saturated carbocycles. The number of imidazole rings is 1. The largest absolute Gasteiger partial charge is 0.490 e. The number of aliphatic hydroxyl groups excluding tert-OH is 2. The lowest BCUT2D eigenvalue weighted by Crippen LogP contribution is -2.33. The number of phosphoric ester groups is 1. The molecule has 1 saturated heterocycles. The number of nitrogen functional groups attached to an aromatic ring is 1. The minimum Gasteiger partial charge on any atom is -0.387 e. The number of nitrogens with zero attached hydrogens (tertiary/aromatic N) is 3. The fraction of sp³-hybridized carbons (Fsp3) is 0.500. The normalized spacial score (nSPS) is 28.0. The molecule has 2 aromatic rings. The van der Waals surface area contributed by atoms with E-state index in [1.54, 1.807) is 0 Å². The lowest BCUT2D eigenvalue weighted by molar-refractivity contribution is -0.0503. The summed E-state index contributed by atoms with van der Waals surface area (Å²) in [7, 11) is -30.2. The maximum Gasteiger partial charge on any atom is 0.490 e. The van der Waals surface area contributed by atoms with Crippen LogP contribution in [0.2, 0.25) is 0 Å². The molecule has 1 fully saturated rings. The van der Waals surface area contributed by atoms with Crippen LogP contribution < -0.4 is 11.3 Å². The maximum absolute atomic E-state index is 12.1. The van der Waals surface area contributed by atoms with Crippen molar-refractivity contribution in [3.63, 3.8) is 0 Å². The molecule has 0 radical (unpaired) electrons. The zero-order chi connectivity index (χ0) is 30.5. The number of rotatable bonds is 12. The molecule has 0 bridgehead atoms. The molecule has 1 aliphatic rings. The van der Waals surface area contributed by atoms with Crippen LogP contribution in [-0.2, 0) is 49.3 Å². The average Bonchev–Trinajstić information content (AvgIpc) is 3.23. The van der Waals surface area contributed by atoms with E-state index >= 15 is 0 Å². The fourth-order valence-corrected chi connectivity index (χ4v) is 8.88. The third kappa shape index (κ3) is 8.63. The van der Waals surface area contributed by atoms with Crippen LogP contribution in [0.4, 0.5) is 5.95 Å². The van der Waals surface area contributed by atoms with Crippen molar-refractivity contribution in [1.29, 1.82) is 0 Å². The van der Waals surface area contributed by atoms with Crippen molar-refractivity contribution in [2.75, 3.05) is 12.3 Å². The quantitative estimate of drug-likeness (QED) is 0.107. The monoisotopic (exact) mass is 683 g/mol. The summed E-state index contributed by atoms with van der Waals surface area (Å²) in [6.07, 6.45) is -5.91. The number of H-pyrrole nitrogens is 1. The molecule has 40 heavy (non-hydrogen) atoms. The second-order valence-electron chi connectivity index (χ2n) is 7.31. The minimum absolute atomic E-state index is 0.192. The van der Waals surface area contributed by atoms with E-state index in [2.05, 4.69) is 36.7 Å². The molecule has 0 amide bonds. The van der Waals surface area contributed by atoms with Crippen molar-refractivity contribution < 1.29 is 88.9 Å². The smallest absolute Gasteiger partial charge is 0.387 e. The van der Waals surface area contributed by atoms with E-state index in [0.717, 1.165) is 10.9 Å². The van der Waals surface area contributed by atoms with Crippen molar-refractivity contribution in [2.24, 2.45) is 0 Å². The zero-order valence-electron chi connectivity index (χ0n) is 18.7. The lowest BCUT2D eigenvalue weighted by atomic mass is 10.1. The van der Waals surface area contributed by atoms with Crippen LogP contribution in [0.15, 0.2) is 11.1 Å². The van der Waals surface area contributed by atoms with E-state index in [4.69, 9.17) is 25.2 Å². The molecule has 2 aromatic heterocycles. The van der Waals surface area contributed by atoms with E-state index in [1.165, 1.54) is 0 Å². The van der Waals surface area contributed by atoms with Gasteiger partial charge in [0.1, 0.15) is 18.3 Å². The van der Waals surface area contributed by atoms with Gasteiger partial charge >= 0.3 is 39.1 Å². The highest BCUT2D eigenvalue weighted by molar-refractivity contribution is 7.71. The molecule has 0 spiro atoms. The SMILES string of the molecule is Nc1nc2c(ncn2[C@@H]2O[C@H](COP(=O)(O)OP(=O)(O)OP(=O)(O)OP(=O)(O)OP(=O)(O)O)C(O)C2O)c(=O)[nH]1. The van der Waals surface area contributed by atoms with Crippen molar-refractivity contribution in [2.45, 2.75) is 24.5 Å². The number of aromatic nitrogens is 4. The van der Waals surface area contributed by atoms with Gasteiger partial charge in [-0.2, -0.15) is 22.2 Å². The second kappa shape index (κ2) is 11.4. The first kappa shape index (κ1) is 33.2. The van der Waals surface area contributed by atoms with E-state index < -0.39 is 75.8 Å². The van der Waals surface area contributed by atoms with E-state index in [0.29, 0.717) is 0 Å². The van der Waals surface area contributed by atoms with Gasteiger partial charge in [0.05, 0.1) is 12.9 Å². The van der Waals surface area contributed by atoms with Crippen LogP contribution in [0.5, 0.6) is 0 Å². The zero-order valence-corrected chi connectivity index (χ0v) is 23.2. The van der Waals surface area contributed by atoms with Gasteiger partial charge in [-0.25, -0.2) is 27.8 Å². The number of nitrogens with two attached hydrogens (primary N) is 1. The molecule has 0 aliphatic carbocycles. The van der Waals surface area contributed by atoms with Crippen LogP contribution in [0.25, 0.3) is 11.2 Å². The Morgan fingerprint density at radius 3 is 1.98 bits per heavy atom. The van der Waals surface area contributed by atoms with Gasteiger partial charge < -0.3 is 50.0 Å². The van der Waals surface area contributed by atoms with Crippen LogP contribution >= 0.6 is 39.1 Å². The highest BCUT2D eigenvalue weighted by Gasteiger charge is 2.49. The number of hydrogen-bond acceptors (Lipinski definition) is 17. The third-order valence-electron chi connectivity index (χ3n) is 4.29. The Labute approximate surface area is 218 Å². The standard InChI is InChI=1S/C10H18N5O20P5/c11-10-13-7-4(8(18)14-10)12-2-15(7)9-6(17)5(16)3(31-9)1-30-37(22,23)33-39(26,27)35-40(28,29)34-38(24,25)32-36(19,20)21/h2-3,5-6,9,16-17H,1H2,(H,22,23)(H,24,25)(H,26,27)(H,28,29)(H2,19,20,21)(H3,11,13,14,18)/t3-,5?,6?,9-/m1/s1. The summed E-state index contributed by atoms with van der Waals surface area (Å²) in [5, 5.41) is 20.6. The Bertz CT molecular complexity index is 1570. The van der Waals surface area contributed by atoms with Crippen molar-refractivity contribution >= 4 is 56.2 Å².